The van der Waals surface area contributed by atoms with Gasteiger partial charge in [0.15, 0.2) is 11.5 Å². The highest BCUT2D eigenvalue weighted by Gasteiger charge is 2.13. The standard InChI is InChI=1S/C15H18N6O/c1-8(2)12-6-13(19-18-12)17-15(22)10-5-11-9(3)20-21(4)14(11)16-7-10/h5-8H,1-4H3,(H2,17,18,19,22). The van der Waals surface area contributed by atoms with Gasteiger partial charge >= 0.3 is 0 Å². The molecule has 0 saturated heterocycles. The largest absolute Gasteiger partial charge is 0.305 e. The van der Waals surface area contributed by atoms with Crippen LogP contribution in [0, 0.1) is 6.92 Å². The first kappa shape index (κ1) is 14.2. The van der Waals surface area contributed by atoms with Crippen LogP contribution in [0.2, 0.25) is 0 Å². The fourth-order valence-corrected chi connectivity index (χ4v) is 2.32. The molecule has 3 aromatic heterocycles. The van der Waals surface area contributed by atoms with E-state index in [1.54, 1.807) is 16.9 Å². The number of nitrogens with zero attached hydrogens (tertiary/aromatic N) is 4. The van der Waals surface area contributed by atoms with Crippen LogP contribution >= 0.6 is 0 Å². The minimum Gasteiger partial charge on any atom is -0.305 e. The third-order valence-electron chi connectivity index (χ3n) is 3.59. The highest BCUT2D eigenvalue weighted by molar-refractivity contribution is 6.05. The molecule has 7 heteroatoms. The number of pyridine rings is 1. The molecule has 0 spiro atoms. The molecule has 3 aromatic rings. The number of amides is 1. The van der Waals surface area contributed by atoms with Crippen molar-refractivity contribution in [1.29, 1.82) is 0 Å². The molecular weight excluding hydrogens is 280 g/mol. The maximum atomic E-state index is 12.3. The van der Waals surface area contributed by atoms with E-state index in [0.29, 0.717) is 17.3 Å². The average molecular weight is 298 g/mol. The Morgan fingerprint density at radius 2 is 2.14 bits per heavy atom. The van der Waals surface area contributed by atoms with E-state index in [-0.39, 0.29) is 5.91 Å². The maximum Gasteiger partial charge on any atom is 0.258 e. The maximum absolute atomic E-state index is 12.3. The molecule has 0 atom stereocenters. The highest BCUT2D eigenvalue weighted by atomic mass is 16.1. The summed E-state index contributed by atoms with van der Waals surface area (Å²) in [5, 5.41) is 15.0. The van der Waals surface area contributed by atoms with Crippen molar-refractivity contribution in [3.63, 3.8) is 0 Å². The Hall–Kier alpha value is -2.70. The van der Waals surface area contributed by atoms with Crippen molar-refractivity contribution >= 4 is 22.8 Å². The Balaban J connectivity index is 1.86. The van der Waals surface area contributed by atoms with Gasteiger partial charge in [-0.25, -0.2) is 4.98 Å². The van der Waals surface area contributed by atoms with Gasteiger partial charge in [-0.3, -0.25) is 14.6 Å². The monoisotopic (exact) mass is 298 g/mol. The van der Waals surface area contributed by atoms with E-state index in [1.165, 1.54) is 0 Å². The van der Waals surface area contributed by atoms with Gasteiger partial charge in [-0.15, -0.1) is 0 Å². The highest BCUT2D eigenvalue weighted by Crippen LogP contribution is 2.18. The van der Waals surface area contributed by atoms with Crippen LogP contribution in [0.25, 0.3) is 11.0 Å². The van der Waals surface area contributed by atoms with Gasteiger partial charge in [0.25, 0.3) is 5.91 Å². The number of hydrogen-bond acceptors (Lipinski definition) is 4. The molecule has 0 aliphatic rings. The minimum atomic E-state index is -0.237. The molecule has 3 heterocycles. The molecule has 0 unspecified atom stereocenters. The summed E-state index contributed by atoms with van der Waals surface area (Å²) < 4.78 is 1.70. The normalized spacial score (nSPS) is 11.3. The Morgan fingerprint density at radius 3 is 2.82 bits per heavy atom. The molecule has 0 bridgehead atoms. The van der Waals surface area contributed by atoms with Crippen LogP contribution < -0.4 is 5.32 Å². The zero-order chi connectivity index (χ0) is 15.9. The number of fused-ring (bicyclic) bond motifs is 1. The van der Waals surface area contributed by atoms with Crippen LogP contribution in [-0.4, -0.2) is 30.9 Å². The number of rotatable bonds is 3. The average Bonchev–Trinajstić information content (AvgIpc) is 3.05. The van der Waals surface area contributed by atoms with E-state index in [9.17, 15) is 4.79 Å². The van der Waals surface area contributed by atoms with Crippen molar-refractivity contribution in [2.75, 3.05) is 5.32 Å². The Bertz CT molecular complexity index is 845. The lowest BCUT2D eigenvalue weighted by molar-refractivity contribution is 0.102. The predicted octanol–water partition coefficient (Wildman–Crippen LogP) is 2.38. The predicted molar refractivity (Wildman–Crippen MR) is 83.9 cm³/mol. The van der Waals surface area contributed by atoms with Gasteiger partial charge in [0.1, 0.15) is 0 Å². The number of carbonyl (C=O) groups is 1. The molecule has 0 radical (unpaired) electrons. The minimum absolute atomic E-state index is 0.237. The molecule has 3 rings (SSSR count). The van der Waals surface area contributed by atoms with Crippen LogP contribution in [0.15, 0.2) is 18.3 Å². The second-order valence-electron chi connectivity index (χ2n) is 5.62. The van der Waals surface area contributed by atoms with Gasteiger partial charge in [0, 0.05) is 30.4 Å². The van der Waals surface area contributed by atoms with Crippen LogP contribution in [0.4, 0.5) is 5.82 Å². The lowest BCUT2D eigenvalue weighted by Gasteiger charge is -2.02. The molecular formula is C15H18N6O. The first-order valence-electron chi connectivity index (χ1n) is 7.11. The number of nitrogens with one attached hydrogen (secondary N) is 2. The quantitative estimate of drug-likeness (QED) is 0.777. The SMILES string of the molecule is Cc1nn(C)c2ncc(C(=O)Nc3cc(C(C)C)[nH]n3)cc12. The summed E-state index contributed by atoms with van der Waals surface area (Å²) in [7, 11) is 1.83. The number of carbonyl (C=O) groups excluding carboxylic acids is 1. The lowest BCUT2D eigenvalue weighted by Crippen LogP contribution is -2.12. The first-order chi connectivity index (χ1) is 10.5. The number of aromatic amines is 1. The van der Waals surface area contributed by atoms with Crippen molar-refractivity contribution in [3.05, 3.63) is 35.3 Å². The smallest absolute Gasteiger partial charge is 0.258 e. The van der Waals surface area contributed by atoms with Gasteiger partial charge in [-0.1, -0.05) is 13.8 Å². The topological polar surface area (TPSA) is 88.5 Å². The zero-order valence-electron chi connectivity index (χ0n) is 13.0. The molecule has 7 nitrogen and oxygen atoms in total. The molecule has 2 N–H and O–H groups in total. The van der Waals surface area contributed by atoms with E-state index in [1.807, 2.05) is 20.0 Å². The number of anilines is 1. The summed E-state index contributed by atoms with van der Waals surface area (Å²) in [5.41, 5.74) is 3.07. The molecule has 0 aromatic carbocycles. The van der Waals surface area contributed by atoms with E-state index >= 15 is 0 Å². The van der Waals surface area contributed by atoms with E-state index in [0.717, 1.165) is 22.4 Å². The van der Waals surface area contributed by atoms with E-state index < -0.39 is 0 Å². The third kappa shape index (κ3) is 2.45. The number of aromatic nitrogens is 5. The summed E-state index contributed by atoms with van der Waals surface area (Å²) in [6.07, 6.45) is 1.55. The zero-order valence-corrected chi connectivity index (χ0v) is 13.0. The Kier molecular flexibility index (Phi) is 3.40. The second-order valence-corrected chi connectivity index (χ2v) is 5.62. The van der Waals surface area contributed by atoms with Crippen molar-refractivity contribution in [2.24, 2.45) is 7.05 Å². The van der Waals surface area contributed by atoms with Crippen LogP contribution in [-0.2, 0) is 7.05 Å². The van der Waals surface area contributed by atoms with Gasteiger partial charge in [0.2, 0.25) is 0 Å². The first-order valence-corrected chi connectivity index (χ1v) is 7.11. The van der Waals surface area contributed by atoms with E-state index in [4.69, 9.17) is 0 Å². The number of H-pyrrole nitrogens is 1. The second kappa shape index (κ2) is 5.25. The molecule has 0 fully saturated rings. The number of hydrogen-bond donors (Lipinski definition) is 2. The van der Waals surface area contributed by atoms with Crippen LogP contribution in [0.5, 0.6) is 0 Å². The fourth-order valence-electron chi connectivity index (χ4n) is 2.32. The van der Waals surface area contributed by atoms with Crippen LogP contribution in [0.3, 0.4) is 0 Å². The molecule has 1 amide bonds. The lowest BCUT2D eigenvalue weighted by atomic mass is 10.1. The summed E-state index contributed by atoms with van der Waals surface area (Å²) in [6.45, 7) is 6.01. The molecule has 0 aliphatic carbocycles. The van der Waals surface area contributed by atoms with Crippen molar-refractivity contribution in [3.8, 4) is 0 Å². The Morgan fingerprint density at radius 1 is 1.36 bits per heavy atom. The summed E-state index contributed by atoms with van der Waals surface area (Å²) >= 11 is 0. The van der Waals surface area contributed by atoms with Crippen molar-refractivity contribution < 1.29 is 4.79 Å². The summed E-state index contributed by atoms with van der Waals surface area (Å²) in [5.74, 6) is 0.602. The summed E-state index contributed by atoms with van der Waals surface area (Å²) in [6, 6.07) is 3.64. The van der Waals surface area contributed by atoms with Gasteiger partial charge in [-0.05, 0) is 18.9 Å². The van der Waals surface area contributed by atoms with Gasteiger partial charge in [0.05, 0.1) is 11.3 Å². The van der Waals surface area contributed by atoms with E-state index in [2.05, 4.69) is 39.4 Å². The van der Waals surface area contributed by atoms with Crippen molar-refractivity contribution in [2.45, 2.75) is 26.7 Å². The molecule has 114 valence electrons. The van der Waals surface area contributed by atoms with Crippen LogP contribution in [0.1, 0.15) is 41.5 Å². The molecule has 0 saturated carbocycles. The molecule has 22 heavy (non-hydrogen) atoms. The Labute approximate surface area is 127 Å². The summed E-state index contributed by atoms with van der Waals surface area (Å²) in [4.78, 5) is 16.6. The fraction of sp³-hybridized carbons (Fsp3) is 0.333. The third-order valence-corrected chi connectivity index (χ3v) is 3.59. The van der Waals surface area contributed by atoms with Gasteiger partial charge in [-0.2, -0.15) is 10.2 Å². The van der Waals surface area contributed by atoms with Crippen molar-refractivity contribution in [1.82, 2.24) is 25.0 Å². The number of aryl methyl sites for hydroxylation is 2. The van der Waals surface area contributed by atoms with Gasteiger partial charge < -0.3 is 5.32 Å². The molecule has 0 aliphatic heterocycles.